The second-order valence-electron chi connectivity index (χ2n) is 5.69. The first-order valence-corrected chi connectivity index (χ1v) is 7.64. The van der Waals surface area contributed by atoms with Crippen LogP contribution in [0.5, 0.6) is 0 Å². The van der Waals surface area contributed by atoms with Gasteiger partial charge >= 0.3 is 5.97 Å². The molecule has 1 unspecified atom stereocenters. The maximum Gasteiger partial charge on any atom is 0.345 e. The molecule has 2 N–H and O–H groups in total. The van der Waals surface area contributed by atoms with E-state index in [-0.39, 0.29) is 15.7 Å². The third-order valence-electron chi connectivity index (χ3n) is 4.52. The molecular weight excluding hydrogens is 301 g/mol. The molecule has 0 saturated carbocycles. The molecule has 6 nitrogen and oxygen atoms in total. The van der Waals surface area contributed by atoms with Gasteiger partial charge in [0.2, 0.25) is 5.78 Å². The van der Waals surface area contributed by atoms with Crippen molar-refractivity contribution in [2.75, 3.05) is 32.7 Å². The summed E-state index contributed by atoms with van der Waals surface area (Å²) in [7, 11) is 0. The van der Waals surface area contributed by atoms with E-state index < -0.39 is 17.6 Å². The number of piperazine rings is 1. The van der Waals surface area contributed by atoms with E-state index in [0.717, 1.165) is 19.2 Å². The van der Waals surface area contributed by atoms with Gasteiger partial charge in [-0.25, -0.2) is 9.18 Å². The Hall–Kier alpha value is -2.09. The maximum absolute atomic E-state index is 13.6. The van der Waals surface area contributed by atoms with Crippen molar-refractivity contribution in [1.29, 1.82) is 0 Å². The molecule has 1 aromatic rings. The highest BCUT2D eigenvalue weighted by Gasteiger charge is 2.45. The average Bonchev–Trinajstić information content (AvgIpc) is 2.56. The first-order chi connectivity index (χ1) is 11.0. The van der Waals surface area contributed by atoms with Crippen LogP contribution in [0.2, 0.25) is 0 Å². The van der Waals surface area contributed by atoms with Crippen molar-refractivity contribution in [2.45, 2.75) is 6.92 Å². The minimum absolute atomic E-state index is 0.130. The summed E-state index contributed by atoms with van der Waals surface area (Å²) in [5.74, 6) is -2.46. The highest BCUT2D eigenvalue weighted by Crippen LogP contribution is 2.37. The summed E-state index contributed by atoms with van der Waals surface area (Å²) in [4.78, 5) is 24.0. The van der Waals surface area contributed by atoms with E-state index in [0.29, 0.717) is 25.3 Å². The monoisotopic (exact) mass is 320 g/mol. The largest absolute Gasteiger partial charge is 0.477 e. The number of rotatable bonds is 3. The highest BCUT2D eigenvalue weighted by atomic mass is 19.1. The molecule has 0 aromatic heterocycles. The van der Waals surface area contributed by atoms with Gasteiger partial charge in [-0.1, -0.05) is 0 Å². The van der Waals surface area contributed by atoms with E-state index >= 15 is 0 Å². The topological polar surface area (TPSA) is 69.6 Å². The first-order valence-electron chi connectivity index (χ1n) is 7.64. The van der Waals surface area contributed by atoms with Crippen molar-refractivity contribution in [1.82, 2.24) is 14.9 Å². The molecule has 0 radical (unpaired) electrons. The molecule has 2 aliphatic heterocycles. The molecule has 1 atom stereocenters. The predicted octanol–water partition coefficient (Wildman–Crippen LogP) is 1.14. The van der Waals surface area contributed by atoms with Gasteiger partial charge in [0.25, 0.3) is 0 Å². The smallest absolute Gasteiger partial charge is 0.345 e. The molecule has 23 heavy (non-hydrogen) atoms. The Kier molecular flexibility index (Phi) is 4.01. The van der Waals surface area contributed by atoms with Gasteiger partial charge in [0.1, 0.15) is 18.6 Å². The van der Waals surface area contributed by atoms with Gasteiger partial charge < -0.3 is 10.4 Å². The minimum atomic E-state index is -1.28. The van der Waals surface area contributed by atoms with Crippen LogP contribution >= 0.6 is 0 Å². The van der Waals surface area contributed by atoms with Gasteiger partial charge in [0, 0.05) is 19.2 Å². The number of carbonyl (C=O) groups excluding carboxylic acids is 1. The zero-order valence-corrected chi connectivity index (χ0v) is 12.9. The summed E-state index contributed by atoms with van der Waals surface area (Å²) in [6, 6.07) is 4.04. The van der Waals surface area contributed by atoms with E-state index in [1.165, 1.54) is 12.3 Å². The van der Waals surface area contributed by atoms with Crippen molar-refractivity contribution in [2.24, 2.45) is 0 Å². The Bertz CT molecular complexity index is 698. The molecule has 1 fully saturated rings. The van der Waals surface area contributed by atoms with E-state index in [9.17, 15) is 19.1 Å². The minimum Gasteiger partial charge on any atom is -0.477 e. The van der Waals surface area contributed by atoms with Crippen molar-refractivity contribution in [3.05, 3.63) is 41.4 Å². The standard InChI is InChI=1S/C16H18FN3O3/c1-2-20(19-7-5-18-6-8-19)10-13(16(22)23)15(21)12-9-11(17)3-4-14(12)20/h3-4,9-10,18H,2,5-8H2,1H3/p+1. The number of carbonyl (C=O) groups is 2. The van der Waals surface area contributed by atoms with E-state index in [1.54, 1.807) is 6.07 Å². The summed E-state index contributed by atoms with van der Waals surface area (Å²) in [5.41, 5.74) is 0.458. The Morgan fingerprint density at radius 1 is 1.39 bits per heavy atom. The number of benzene rings is 1. The average molecular weight is 320 g/mol. The van der Waals surface area contributed by atoms with Gasteiger partial charge in [0.15, 0.2) is 11.3 Å². The van der Waals surface area contributed by atoms with Gasteiger partial charge in [0.05, 0.1) is 18.7 Å². The lowest BCUT2D eigenvalue weighted by Gasteiger charge is -2.45. The third kappa shape index (κ3) is 2.46. The first kappa shape index (κ1) is 15.8. The van der Waals surface area contributed by atoms with Crippen LogP contribution in [-0.4, -0.2) is 54.6 Å². The normalized spacial score (nSPS) is 25.0. The summed E-state index contributed by atoms with van der Waals surface area (Å²) in [6.45, 7) is 5.45. The molecule has 122 valence electrons. The van der Waals surface area contributed by atoms with Gasteiger partial charge in [-0.2, -0.15) is 4.59 Å². The molecule has 0 amide bonds. The predicted molar refractivity (Wildman–Crippen MR) is 83.2 cm³/mol. The van der Waals surface area contributed by atoms with Crippen LogP contribution in [0.25, 0.3) is 0 Å². The molecule has 2 aliphatic rings. The molecule has 0 aliphatic carbocycles. The number of aliphatic carboxylic acids is 1. The zero-order chi connectivity index (χ0) is 16.6. The number of carboxylic acid groups (broad SMARTS) is 1. The number of carboxylic acids is 1. The van der Waals surface area contributed by atoms with Crippen LogP contribution in [-0.2, 0) is 4.79 Å². The number of quaternary nitrogens is 1. The third-order valence-corrected chi connectivity index (χ3v) is 4.52. The van der Waals surface area contributed by atoms with E-state index in [2.05, 4.69) is 10.3 Å². The van der Waals surface area contributed by atoms with Crippen molar-refractivity contribution in [3.63, 3.8) is 0 Å². The summed E-state index contributed by atoms with van der Waals surface area (Å²) < 4.78 is 13.8. The Morgan fingerprint density at radius 3 is 2.70 bits per heavy atom. The van der Waals surface area contributed by atoms with Gasteiger partial charge in [-0.15, -0.1) is 5.01 Å². The molecule has 3 rings (SSSR count). The quantitative estimate of drug-likeness (QED) is 0.646. The number of hydrogen-bond acceptors (Lipinski definition) is 4. The number of halogens is 1. The van der Waals surface area contributed by atoms with Crippen molar-refractivity contribution < 1.29 is 19.1 Å². The van der Waals surface area contributed by atoms with Crippen LogP contribution in [0.1, 0.15) is 17.3 Å². The fourth-order valence-corrected chi connectivity index (χ4v) is 3.37. The number of Topliss-reactive ketones (excluding diaryl/α,β-unsaturated/α-hetero) is 1. The van der Waals surface area contributed by atoms with Crippen LogP contribution in [0, 0.1) is 5.82 Å². The van der Waals surface area contributed by atoms with Crippen molar-refractivity contribution >= 4 is 17.4 Å². The van der Waals surface area contributed by atoms with Crippen LogP contribution < -0.4 is 9.91 Å². The lowest BCUT2D eigenvalue weighted by molar-refractivity contribution is -0.132. The lowest BCUT2D eigenvalue weighted by atomic mass is 9.96. The highest BCUT2D eigenvalue weighted by molar-refractivity contribution is 6.26. The van der Waals surface area contributed by atoms with Crippen LogP contribution in [0.3, 0.4) is 0 Å². The second-order valence-corrected chi connectivity index (χ2v) is 5.69. The zero-order valence-electron chi connectivity index (χ0n) is 12.9. The molecule has 1 aromatic carbocycles. The Morgan fingerprint density at radius 2 is 2.09 bits per heavy atom. The number of hydrogen-bond donors (Lipinski definition) is 2. The van der Waals surface area contributed by atoms with Crippen LogP contribution in [0.4, 0.5) is 10.1 Å². The number of nitrogens with zero attached hydrogens (tertiary/aromatic N) is 2. The van der Waals surface area contributed by atoms with Crippen molar-refractivity contribution in [3.8, 4) is 0 Å². The maximum atomic E-state index is 13.6. The molecule has 1 saturated heterocycles. The summed E-state index contributed by atoms with van der Waals surface area (Å²) in [5, 5.41) is 14.8. The van der Waals surface area contributed by atoms with E-state index in [4.69, 9.17) is 0 Å². The second kappa shape index (κ2) is 5.84. The fraction of sp³-hybridized carbons (Fsp3) is 0.375. The Labute approximate surface area is 133 Å². The Balaban J connectivity index is 2.23. The molecule has 7 heteroatoms. The lowest BCUT2D eigenvalue weighted by Crippen LogP contribution is -2.64. The number of ketones is 1. The molecule has 2 heterocycles. The molecule has 0 bridgehead atoms. The SMILES string of the molecule is CC[N+]1(N2CCNCC2)C=C(C(=O)O)C(=O)c2cc(F)ccc21. The van der Waals surface area contributed by atoms with Crippen LogP contribution in [0.15, 0.2) is 30.0 Å². The number of fused-ring (bicyclic) bond motifs is 1. The molecule has 0 spiro atoms. The summed E-state index contributed by atoms with van der Waals surface area (Å²) in [6.07, 6.45) is 1.50. The van der Waals surface area contributed by atoms with E-state index in [1.807, 2.05) is 6.92 Å². The van der Waals surface area contributed by atoms with Gasteiger partial charge in [-0.3, -0.25) is 4.79 Å². The van der Waals surface area contributed by atoms with Gasteiger partial charge in [-0.05, 0) is 19.1 Å². The number of nitrogens with one attached hydrogen (secondary N) is 1. The summed E-state index contributed by atoms with van der Waals surface area (Å²) >= 11 is 0. The fourth-order valence-electron chi connectivity index (χ4n) is 3.37. The molecular formula is C16H19FN3O3+.